The SMILES string of the molecule is CN(C)c1cccc(C(=O)N(CCO)CC(F)(F)F)c1. The molecule has 1 aromatic rings. The normalized spacial score (nSPS) is 11.3. The third kappa shape index (κ3) is 4.73. The molecule has 20 heavy (non-hydrogen) atoms. The molecular formula is C13H17F3N2O2. The standard InChI is InChI=1S/C13H17F3N2O2/c1-17(2)11-5-3-4-10(8-11)12(20)18(6-7-19)9-13(14,15)16/h3-5,8,19H,6-7,9H2,1-2H3. The highest BCUT2D eigenvalue weighted by atomic mass is 19.4. The summed E-state index contributed by atoms with van der Waals surface area (Å²) in [6.07, 6.45) is -4.50. The number of hydrogen-bond donors (Lipinski definition) is 1. The maximum Gasteiger partial charge on any atom is 0.406 e. The molecule has 1 aromatic carbocycles. The van der Waals surface area contributed by atoms with E-state index in [0.717, 1.165) is 0 Å². The van der Waals surface area contributed by atoms with Gasteiger partial charge < -0.3 is 14.9 Å². The van der Waals surface area contributed by atoms with Crippen LogP contribution in [0.4, 0.5) is 18.9 Å². The first-order valence-electron chi connectivity index (χ1n) is 5.99. The highest BCUT2D eigenvalue weighted by Crippen LogP contribution is 2.19. The Morgan fingerprint density at radius 3 is 2.45 bits per heavy atom. The van der Waals surface area contributed by atoms with E-state index in [1.165, 1.54) is 12.1 Å². The molecule has 1 N–H and O–H groups in total. The predicted octanol–water partition coefficient (Wildman–Crippen LogP) is 1.75. The molecule has 0 unspecified atom stereocenters. The number of carbonyl (C=O) groups excluding carboxylic acids is 1. The number of aliphatic hydroxyl groups is 1. The number of rotatable bonds is 5. The average Bonchev–Trinajstić information content (AvgIpc) is 2.36. The van der Waals surface area contributed by atoms with E-state index in [4.69, 9.17) is 5.11 Å². The summed E-state index contributed by atoms with van der Waals surface area (Å²) >= 11 is 0. The second-order valence-corrected chi connectivity index (χ2v) is 4.51. The predicted molar refractivity (Wildman–Crippen MR) is 69.8 cm³/mol. The summed E-state index contributed by atoms with van der Waals surface area (Å²) in [5, 5.41) is 8.80. The quantitative estimate of drug-likeness (QED) is 0.898. The fourth-order valence-corrected chi connectivity index (χ4v) is 1.69. The van der Waals surface area contributed by atoms with Gasteiger partial charge in [-0.25, -0.2) is 0 Å². The van der Waals surface area contributed by atoms with Crippen LogP contribution in [0.1, 0.15) is 10.4 Å². The number of nitrogens with zero attached hydrogens (tertiary/aromatic N) is 2. The van der Waals surface area contributed by atoms with Crippen LogP contribution in [0.15, 0.2) is 24.3 Å². The van der Waals surface area contributed by atoms with Gasteiger partial charge in [0.2, 0.25) is 0 Å². The summed E-state index contributed by atoms with van der Waals surface area (Å²) in [6.45, 7) is -2.25. The van der Waals surface area contributed by atoms with Gasteiger partial charge in [-0.3, -0.25) is 4.79 Å². The first-order valence-corrected chi connectivity index (χ1v) is 5.99. The zero-order valence-electron chi connectivity index (χ0n) is 11.3. The molecule has 0 spiro atoms. The number of halogens is 3. The number of hydrogen-bond acceptors (Lipinski definition) is 3. The van der Waals surface area contributed by atoms with E-state index in [0.29, 0.717) is 10.6 Å². The van der Waals surface area contributed by atoms with E-state index in [1.807, 2.05) is 0 Å². The van der Waals surface area contributed by atoms with Gasteiger partial charge in [-0.1, -0.05) is 6.07 Å². The molecule has 0 aliphatic carbocycles. The molecule has 0 bridgehead atoms. The molecule has 4 nitrogen and oxygen atoms in total. The Hall–Kier alpha value is -1.76. The van der Waals surface area contributed by atoms with Crippen molar-refractivity contribution in [2.24, 2.45) is 0 Å². The third-order valence-corrected chi connectivity index (χ3v) is 2.64. The van der Waals surface area contributed by atoms with E-state index in [9.17, 15) is 18.0 Å². The molecule has 0 saturated heterocycles. The second kappa shape index (κ2) is 6.60. The summed E-state index contributed by atoms with van der Waals surface area (Å²) in [5.41, 5.74) is 0.876. The van der Waals surface area contributed by atoms with Crippen molar-refractivity contribution in [3.63, 3.8) is 0 Å². The molecule has 0 saturated carbocycles. The van der Waals surface area contributed by atoms with Gasteiger partial charge in [0.05, 0.1) is 6.61 Å². The zero-order valence-corrected chi connectivity index (χ0v) is 11.3. The first-order chi connectivity index (χ1) is 9.24. The summed E-state index contributed by atoms with van der Waals surface area (Å²) in [7, 11) is 3.54. The molecule has 0 fully saturated rings. The number of carbonyl (C=O) groups is 1. The van der Waals surface area contributed by atoms with Crippen LogP contribution in [0.3, 0.4) is 0 Å². The Morgan fingerprint density at radius 2 is 1.95 bits per heavy atom. The van der Waals surface area contributed by atoms with Gasteiger partial charge in [0.25, 0.3) is 5.91 Å². The Bertz CT molecular complexity index is 461. The van der Waals surface area contributed by atoms with Crippen molar-refractivity contribution in [1.82, 2.24) is 4.90 Å². The van der Waals surface area contributed by atoms with Crippen LogP contribution < -0.4 is 4.90 Å². The van der Waals surface area contributed by atoms with Crippen LogP contribution in [0.5, 0.6) is 0 Å². The molecule has 0 atom stereocenters. The number of amides is 1. The summed E-state index contributed by atoms with van der Waals surface area (Å²) in [6, 6.07) is 6.32. The number of alkyl halides is 3. The molecule has 0 aromatic heterocycles. The minimum absolute atomic E-state index is 0.161. The fourth-order valence-electron chi connectivity index (χ4n) is 1.69. The minimum Gasteiger partial charge on any atom is -0.395 e. The van der Waals surface area contributed by atoms with Gasteiger partial charge >= 0.3 is 6.18 Å². The van der Waals surface area contributed by atoms with Crippen LogP contribution in [-0.4, -0.2) is 55.9 Å². The molecule has 0 radical (unpaired) electrons. The van der Waals surface area contributed by atoms with Gasteiger partial charge in [-0.05, 0) is 18.2 Å². The maximum absolute atomic E-state index is 12.4. The highest BCUT2D eigenvalue weighted by molar-refractivity contribution is 5.95. The number of anilines is 1. The Kier molecular flexibility index (Phi) is 5.38. The fraction of sp³-hybridized carbons (Fsp3) is 0.462. The van der Waals surface area contributed by atoms with Gasteiger partial charge in [0, 0.05) is 31.9 Å². The molecule has 7 heteroatoms. The summed E-state index contributed by atoms with van der Waals surface area (Å²) in [4.78, 5) is 14.4. The van der Waals surface area contributed by atoms with Gasteiger partial charge in [-0.15, -0.1) is 0 Å². The molecule has 1 amide bonds. The van der Waals surface area contributed by atoms with Crippen LogP contribution in [0, 0.1) is 0 Å². The van der Waals surface area contributed by atoms with Crippen molar-refractivity contribution in [2.45, 2.75) is 6.18 Å². The Morgan fingerprint density at radius 1 is 1.30 bits per heavy atom. The molecule has 112 valence electrons. The van der Waals surface area contributed by atoms with Crippen molar-refractivity contribution in [2.75, 3.05) is 38.7 Å². The lowest BCUT2D eigenvalue weighted by Crippen LogP contribution is -2.40. The maximum atomic E-state index is 12.4. The third-order valence-electron chi connectivity index (χ3n) is 2.64. The van der Waals surface area contributed by atoms with Crippen LogP contribution in [0.2, 0.25) is 0 Å². The second-order valence-electron chi connectivity index (χ2n) is 4.51. The lowest BCUT2D eigenvalue weighted by atomic mass is 10.1. The summed E-state index contributed by atoms with van der Waals surface area (Å²) < 4.78 is 37.3. The lowest BCUT2D eigenvalue weighted by molar-refractivity contribution is -0.141. The lowest BCUT2D eigenvalue weighted by Gasteiger charge is -2.23. The van der Waals surface area contributed by atoms with Gasteiger partial charge in [0.1, 0.15) is 6.54 Å². The average molecular weight is 290 g/mol. The smallest absolute Gasteiger partial charge is 0.395 e. The molecular weight excluding hydrogens is 273 g/mol. The molecule has 1 rings (SSSR count). The molecule has 0 aliphatic heterocycles. The van der Waals surface area contributed by atoms with Crippen LogP contribution >= 0.6 is 0 Å². The Balaban J connectivity index is 2.97. The topological polar surface area (TPSA) is 43.8 Å². The van der Waals surface area contributed by atoms with Crippen molar-refractivity contribution >= 4 is 11.6 Å². The van der Waals surface area contributed by atoms with Gasteiger partial charge in [-0.2, -0.15) is 13.2 Å². The molecule has 0 heterocycles. The van der Waals surface area contributed by atoms with E-state index in [-0.39, 0.29) is 12.1 Å². The number of aliphatic hydroxyl groups excluding tert-OH is 1. The van der Waals surface area contributed by atoms with Crippen LogP contribution in [-0.2, 0) is 0 Å². The monoisotopic (exact) mass is 290 g/mol. The number of benzene rings is 1. The van der Waals surface area contributed by atoms with Crippen molar-refractivity contribution in [1.29, 1.82) is 0 Å². The summed E-state index contributed by atoms with van der Waals surface area (Å²) in [5.74, 6) is -0.750. The first kappa shape index (κ1) is 16.3. The van der Waals surface area contributed by atoms with E-state index >= 15 is 0 Å². The minimum atomic E-state index is -4.50. The molecule has 0 aliphatic rings. The van der Waals surface area contributed by atoms with E-state index in [2.05, 4.69) is 0 Å². The van der Waals surface area contributed by atoms with E-state index < -0.39 is 25.2 Å². The van der Waals surface area contributed by atoms with Crippen molar-refractivity contribution < 1.29 is 23.1 Å². The van der Waals surface area contributed by atoms with Crippen molar-refractivity contribution in [3.05, 3.63) is 29.8 Å². The Labute approximate surface area is 115 Å². The van der Waals surface area contributed by atoms with Crippen molar-refractivity contribution in [3.8, 4) is 0 Å². The van der Waals surface area contributed by atoms with E-state index in [1.54, 1.807) is 31.1 Å². The zero-order chi connectivity index (χ0) is 15.3. The van der Waals surface area contributed by atoms with Gasteiger partial charge in [0.15, 0.2) is 0 Å². The highest BCUT2D eigenvalue weighted by Gasteiger charge is 2.33. The largest absolute Gasteiger partial charge is 0.406 e. The van der Waals surface area contributed by atoms with Crippen LogP contribution in [0.25, 0.3) is 0 Å².